The fourth-order valence-electron chi connectivity index (χ4n) is 2.54. The molecule has 1 aliphatic heterocycles. The summed E-state index contributed by atoms with van der Waals surface area (Å²) < 4.78 is 0. The Morgan fingerprint density at radius 3 is 2.59 bits per heavy atom. The summed E-state index contributed by atoms with van der Waals surface area (Å²) in [7, 11) is 0. The normalized spacial score (nSPS) is 16.0. The van der Waals surface area contributed by atoms with Crippen molar-refractivity contribution in [3.63, 3.8) is 0 Å². The fourth-order valence-corrected chi connectivity index (χ4v) is 2.54. The SMILES string of the molecule is C=CC[C@@H](c1ccc(O)c([N+](=O)[O-])c1)N1CCNCC1.Cl.Cl. The number of piperazine rings is 1. The number of benzene rings is 1. The van der Waals surface area contributed by atoms with E-state index in [9.17, 15) is 15.2 Å². The average Bonchev–Trinajstić information content (AvgIpc) is 2.46. The summed E-state index contributed by atoms with van der Waals surface area (Å²) in [5, 5.41) is 23.8. The summed E-state index contributed by atoms with van der Waals surface area (Å²) in [6.45, 7) is 7.38. The highest BCUT2D eigenvalue weighted by atomic mass is 35.5. The molecule has 0 aliphatic carbocycles. The van der Waals surface area contributed by atoms with Gasteiger partial charge in [-0.05, 0) is 18.1 Å². The van der Waals surface area contributed by atoms with E-state index < -0.39 is 4.92 Å². The Morgan fingerprint density at radius 1 is 1.41 bits per heavy atom. The van der Waals surface area contributed by atoms with Gasteiger partial charge in [0, 0.05) is 38.3 Å². The Morgan fingerprint density at radius 2 is 2.05 bits per heavy atom. The van der Waals surface area contributed by atoms with E-state index in [1.54, 1.807) is 6.07 Å². The third-order valence-corrected chi connectivity index (χ3v) is 3.56. The van der Waals surface area contributed by atoms with Crippen LogP contribution in [-0.2, 0) is 0 Å². The minimum atomic E-state index is -0.554. The van der Waals surface area contributed by atoms with Gasteiger partial charge in [-0.2, -0.15) is 0 Å². The highest BCUT2D eigenvalue weighted by Crippen LogP contribution is 2.32. The van der Waals surface area contributed by atoms with Crippen LogP contribution < -0.4 is 5.32 Å². The Hall–Kier alpha value is -1.34. The zero-order valence-electron chi connectivity index (χ0n) is 12.1. The molecule has 22 heavy (non-hydrogen) atoms. The maximum atomic E-state index is 10.9. The Balaban J connectivity index is 0.00000220. The molecule has 8 heteroatoms. The molecule has 0 saturated carbocycles. The number of phenols is 1. The molecule has 1 aliphatic rings. The number of halogens is 2. The minimum absolute atomic E-state index is 0. The van der Waals surface area contributed by atoms with E-state index in [1.165, 1.54) is 12.1 Å². The van der Waals surface area contributed by atoms with Gasteiger partial charge in [0.25, 0.3) is 0 Å². The monoisotopic (exact) mass is 349 g/mol. The molecule has 6 nitrogen and oxygen atoms in total. The van der Waals surface area contributed by atoms with Crippen molar-refractivity contribution in [2.24, 2.45) is 0 Å². The molecule has 1 atom stereocenters. The summed E-state index contributed by atoms with van der Waals surface area (Å²) in [6.07, 6.45) is 2.55. The van der Waals surface area contributed by atoms with Gasteiger partial charge in [0.1, 0.15) is 0 Å². The molecule has 0 radical (unpaired) electrons. The summed E-state index contributed by atoms with van der Waals surface area (Å²) >= 11 is 0. The quantitative estimate of drug-likeness (QED) is 0.485. The number of nitrogens with one attached hydrogen (secondary N) is 1. The first-order valence-electron chi connectivity index (χ1n) is 6.66. The van der Waals surface area contributed by atoms with Gasteiger partial charge in [-0.1, -0.05) is 12.1 Å². The lowest BCUT2D eigenvalue weighted by molar-refractivity contribution is -0.386. The van der Waals surface area contributed by atoms with Crippen LogP contribution >= 0.6 is 24.8 Å². The second-order valence-corrected chi connectivity index (χ2v) is 4.83. The van der Waals surface area contributed by atoms with Crippen LogP contribution in [0.5, 0.6) is 5.75 Å². The Bertz CT molecular complexity index is 508. The predicted molar refractivity (Wildman–Crippen MR) is 91.3 cm³/mol. The Kier molecular flexibility index (Phi) is 9.04. The third-order valence-electron chi connectivity index (χ3n) is 3.56. The fraction of sp³-hybridized carbons (Fsp3) is 0.429. The van der Waals surface area contributed by atoms with Crippen LogP contribution in [0, 0.1) is 10.1 Å². The first kappa shape index (κ1) is 20.7. The lowest BCUT2D eigenvalue weighted by atomic mass is 10.00. The summed E-state index contributed by atoms with van der Waals surface area (Å²) in [5.74, 6) is -0.295. The van der Waals surface area contributed by atoms with Crippen LogP contribution in [0.15, 0.2) is 30.9 Å². The van der Waals surface area contributed by atoms with Crippen molar-refractivity contribution in [3.8, 4) is 5.75 Å². The average molecular weight is 350 g/mol. The largest absolute Gasteiger partial charge is 0.502 e. The van der Waals surface area contributed by atoms with Crippen molar-refractivity contribution in [3.05, 3.63) is 46.5 Å². The topological polar surface area (TPSA) is 78.6 Å². The van der Waals surface area contributed by atoms with Gasteiger partial charge in [-0.25, -0.2) is 0 Å². The third kappa shape index (κ3) is 4.84. The molecule has 2 N–H and O–H groups in total. The molecule has 1 aromatic carbocycles. The molecule has 1 saturated heterocycles. The van der Waals surface area contributed by atoms with Crippen LogP contribution in [0.3, 0.4) is 0 Å². The summed E-state index contributed by atoms with van der Waals surface area (Å²) in [5.41, 5.74) is 0.600. The first-order valence-corrected chi connectivity index (χ1v) is 6.66. The molecule has 0 amide bonds. The molecule has 0 bridgehead atoms. The van der Waals surface area contributed by atoms with Crippen LogP contribution in [0.4, 0.5) is 5.69 Å². The molecule has 1 aromatic rings. The first-order chi connectivity index (χ1) is 9.63. The number of phenolic OH excluding ortho intramolecular Hbond substituents is 1. The second kappa shape index (κ2) is 9.63. The standard InChI is InChI=1S/C14H19N3O3.2ClH/c1-2-3-12(16-8-6-15-7-9-16)11-4-5-14(18)13(10-11)17(19)20;;/h2,4-5,10,12,15,18H,1,3,6-9H2;2*1H/t12-;;/m0../s1. The number of hydrogen-bond acceptors (Lipinski definition) is 5. The minimum Gasteiger partial charge on any atom is -0.502 e. The van der Waals surface area contributed by atoms with E-state index in [2.05, 4.69) is 16.8 Å². The molecule has 0 spiro atoms. The van der Waals surface area contributed by atoms with Gasteiger partial charge >= 0.3 is 5.69 Å². The van der Waals surface area contributed by atoms with E-state index in [0.717, 1.165) is 38.2 Å². The zero-order chi connectivity index (χ0) is 14.5. The summed E-state index contributed by atoms with van der Waals surface area (Å²) in [6, 6.07) is 4.67. The van der Waals surface area contributed by atoms with Crippen molar-refractivity contribution in [1.29, 1.82) is 0 Å². The number of rotatable bonds is 5. The van der Waals surface area contributed by atoms with Crippen molar-refractivity contribution in [1.82, 2.24) is 10.2 Å². The number of nitrogens with zero attached hydrogens (tertiary/aromatic N) is 2. The van der Waals surface area contributed by atoms with Gasteiger partial charge in [-0.15, -0.1) is 31.4 Å². The number of nitro benzene ring substituents is 1. The van der Waals surface area contributed by atoms with E-state index in [4.69, 9.17) is 0 Å². The van der Waals surface area contributed by atoms with Crippen LogP contribution in [0.1, 0.15) is 18.0 Å². The maximum Gasteiger partial charge on any atom is 0.311 e. The predicted octanol–water partition coefficient (Wildman–Crippen LogP) is 2.67. The van der Waals surface area contributed by atoms with Gasteiger partial charge in [0.2, 0.25) is 0 Å². The van der Waals surface area contributed by atoms with E-state index in [1.807, 2.05) is 6.08 Å². The second-order valence-electron chi connectivity index (χ2n) is 4.83. The van der Waals surface area contributed by atoms with Crippen LogP contribution in [0.2, 0.25) is 0 Å². The van der Waals surface area contributed by atoms with E-state index >= 15 is 0 Å². The molecule has 1 fully saturated rings. The van der Waals surface area contributed by atoms with Crippen LogP contribution in [0.25, 0.3) is 0 Å². The van der Waals surface area contributed by atoms with Gasteiger partial charge in [0.15, 0.2) is 5.75 Å². The van der Waals surface area contributed by atoms with E-state index in [0.29, 0.717) is 0 Å². The maximum absolute atomic E-state index is 10.9. The number of hydrogen-bond donors (Lipinski definition) is 2. The summed E-state index contributed by atoms with van der Waals surface area (Å²) in [4.78, 5) is 12.7. The molecule has 124 valence electrons. The molecular formula is C14H21Cl2N3O3. The van der Waals surface area contributed by atoms with E-state index in [-0.39, 0.29) is 42.3 Å². The molecule has 0 unspecified atom stereocenters. The lowest BCUT2D eigenvalue weighted by Gasteiger charge is -2.34. The van der Waals surface area contributed by atoms with Crippen molar-refractivity contribution in [2.45, 2.75) is 12.5 Å². The van der Waals surface area contributed by atoms with Crippen molar-refractivity contribution >= 4 is 30.5 Å². The molecule has 0 aromatic heterocycles. The van der Waals surface area contributed by atoms with Crippen molar-refractivity contribution in [2.75, 3.05) is 26.2 Å². The number of aromatic hydroxyl groups is 1. The Labute approximate surface area is 142 Å². The van der Waals surface area contributed by atoms with Crippen molar-refractivity contribution < 1.29 is 10.0 Å². The highest BCUT2D eigenvalue weighted by molar-refractivity contribution is 5.85. The lowest BCUT2D eigenvalue weighted by Crippen LogP contribution is -2.45. The number of nitro groups is 1. The smallest absolute Gasteiger partial charge is 0.311 e. The highest BCUT2D eigenvalue weighted by Gasteiger charge is 2.24. The van der Waals surface area contributed by atoms with Gasteiger partial charge < -0.3 is 10.4 Å². The molecule has 2 rings (SSSR count). The van der Waals surface area contributed by atoms with Gasteiger partial charge in [-0.3, -0.25) is 15.0 Å². The van der Waals surface area contributed by atoms with Gasteiger partial charge in [0.05, 0.1) is 4.92 Å². The van der Waals surface area contributed by atoms with Crippen LogP contribution in [-0.4, -0.2) is 41.1 Å². The zero-order valence-corrected chi connectivity index (χ0v) is 13.7. The molecule has 1 heterocycles. The molecular weight excluding hydrogens is 329 g/mol.